The van der Waals surface area contributed by atoms with Gasteiger partial charge in [-0.25, -0.2) is 0 Å². The van der Waals surface area contributed by atoms with E-state index >= 15 is 0 Å². The summed E-state index contributed by atoms with van der Waals surface area (Å²) in [5.41, 5.74) is 8.33. The third-order valence-electron chi connectivity index (χ3n) is 3.55. The van der Waals surface area contributed by atoms with Gasteiger partial charge in [0.05, 0.1) is 20.6 Å². The van der Waals surface area contributed by atoms with Crippen molar-refractivity contribution in [2.45, 2.75) is 12.8 Å². The molecule has 0 saturated carbocycles. The Morgan fingerprint density at radius 3 is 2.42 bits per heavy atom. The van der Waals surface area contributed by atoms with Crippen LogP contribution in [0.1, 0.15) is 11.1 Å². The van der Waals surface area contributed by atoms with Gasteiger partial charge in [0, 0.05) is 17.8 Å². The van der Waals surface area contributed by atoms with E-state index in [1.165, 1.54) is 0 Å². The maximum atomic E-state index is 12.1. The number of carbonyl (C=O) groups is 1. The summed E-state index contributed by atoms with van der Waals surface area (Å²) in [6, 6.07) is 13.1. The average molecular weight is 351 g/mol. The first-order chi connectivity index (χ1) is 11.1. The molecule has 130 valence electrons. The van der Waals surface area contributed by atoms with Crippen molar-refractivity contribution in [2.24, 2.45) is 0 Å². The standard InChI is InChI=1S/C18H22N2O3.ClH/c1-22-16-7-8-17(23-2)14(11-16)12-18(21)20-10-9-13-3-5-15(19)6-4-13;/h3-8,11H,9-10,12,19H2,1-2H3,(H,20,21);1H. The first-order valence-corrected chi connectivity index (χ1v) is 7.44. The summed E-state index contributed by atoms with van der Waals surface area (Å²) in [6.45, 7) is 0.578. The molecule has 2 rings (SSSR count). The van der Waals surface area contributed by atoms with Crippen LogP contribution in [0.3, 0.4) is 0 Å². The maximum Gasteiger partial charge on any atom is 0.224 e. The Kier molecular flexibility index (Phi) is 7.92. The molecule has 2 aromatic rings. The van der Waals surface area contributed by atoms with Gasteiger partial charge in [0.1, 0.15) is 11.5 Å². The van der Waals surface area contributed by atoms with Crippen molar-refractivity contribution in [1.82, 2.24) is 5.32 Å². The van der Waals surface area contributed by atoms with Crippen LogP contribution in [0.2, 0.25) is 0 Å². The van der Waals surface area contributed by atoms with E-state index in [9.17, 15) is 4.79 Å². The molecule has 0 aliphatic heterocycles. The van der Waals surface area contributed by atoms with E-state index < -0.39 is 0 Å². The Labute approximate surface area is 148 Å². The zero-order chi connectivity index (χ0) is 16.7. The van der Waals surface area contributed by atoms with Crippen LogP contribution in [0.5, 0.6) is 11.5 Å². The van der Waals surface area contributed by atoms with E-state index in [0.717, 1.165) is 23.2 Å². The van der Waals surface area contributed by atoms with Crippen LogP contribution in [0.4, 0.5) is 5.69 Å². The molecular weight excluding hydrogens is 328 g/mol. The SMILES string of the molecule is COc1ccc(OC)c(CC(=O)NCCc2ccc(N)cc2)c1.Cl. The molecule has 0 radical (unpaired) electrons. The molecule has 0 atom stereocenters. The number of rotatable bonds is 7. The zero-order valence-electron chi connectivity index (χ0n) is 13.9. The van der Waals surface area contributed by atoms with E-state index in [-0.39, 0.29) is 24.7 Å². The highest BCUT2D eigenvalue weighted by molar-refractivity contribution is 5.85. The molecule has 0 aliphatic rings. The summed E-state index contributed by atoms with van der Waals surface area (Å²) in [5, 5.41) is 2.92. The van der Waals surface area contributed by atoms with Gasteiger partial charge in [0.25, 0.3) is 0 Å². The monoisotopic (exact) mass is 350 g/mol. The van der Waals surface area contributed by atoms with Crippen molar-refractivity contribution in [3.63, 3.8) is 0 Å². The molecule has 0 saturated heterocycles. The van der Waals surface area contributed by atoms with Crippen LogP contribution in [0, 0.1) is 0 Å². The molecule has 6 heteroatoms. The molecule has 0 heterocycles. The third kappa shape index (κ3) is 5.66. The number of hydrogen-bond acceptors (Lipinski definition) is 4. The molecule has 5 nitrogen and oxygen atoms in total. The minimum atomic E-state index is -0.0491. The predicted molar refractivity (Wildman–Crippen MR) is 98.1 cm³/mol. The number of halogens is 1. The van der Waals surface area contributed by atoms with Crippen LogP contribution in [0.15, 0.2) is 42.5 Å². The number of methoxy groups -OCH3 is 2. The number of benzene rings is 2. The van der Waals surface area contributed by atoms with Crippen LogP contribution >= 0.6 is 12.4 Å². The molecule has 2 aromatic carbocycles. The Morgan fingerprint density at radius 2 is 1.79 bits per heavy atom. The van der Waals surface area contributed by atoms with Gasteiger partial charge in [-0.05, 0) is 42.3 Å². The van der Waals surface area contributed by atoms with Crippen molar-refractivity contribution in [1.29, 1.82) is 0 Å². The lowest BCUT2D eigenvalue weighted by molar-refractivity contribution is -0.120. The smallest absolute Gasteiger partial charge is 0.224 e. The van der Waals surface area contributed by atoms with Crippen molar-refractivity contribution in [3.8, 4) is 11.5 Å². The molecule has 0 aromatic heterocycles. The quantitative estimate of drug-likeness (QED) is 0.753. The minimum Gasteiger partial charge on any atom is -0.497 e. The highest BCUT2D eigenvalue weighted by atomic mass is 35.5. The molecule has 0 bridgehead atoms. The maximum absolute atomic E-state index is 12.1. The lowest BCUT2D eigenvalue weighted by Gasteiger charge is -2.11. The number of carbonyl (C=O) groups excluding carboxylic acids is 1. The largest absolute Gasteiger partial charge is 0.497 e. The third-order valence-corrected chi connectivity index (χ3v) is 3.55. The number of ether oxygens (including phenoxy) is 2. The molecule has 0 fully saturated rings. The topological polar surface area (TPSA) is 73.6 Å². The van der Waals surface area contributed by atoms with Gasteiger partial charge >= 0.3 is 0 Å². The summed E-state index contributed by atoms with van der Waals surface area (Å²) < 4.78 is 10.5. The van der Waals surface area contributed by atoms with E-state index in [0.29, 0.717) is 18.0 Å². The highest BCUT2D eigenvalue weighted by Gasteiger charge is 2.10. The number of anilines is 1. The fraction of sp³-hybridized carbons (Fsp3) is 0.278. The number of nitrogens with one attached hydrogen (secondary N) is 1. The summed E-state index contributed by atoms with van der Waals surface area (Å²) in [5.74, 6) is 1.34. The number of nitrogens with two attached hydrogens (primary N) is 1. The fourth-order valence-corrected chi connectivity index (χ4v) is 2.29. The van der Waals surface area contributed by atoms with Gasteiger partial charge in [-0.1, -0.05) is 12.1 Å². The van der Waals surface area contributed by atoms with E-state index in [1.54, 1.807) is 26.4 Å². The first-order valence-electron chi connectivity index (χ1n) is 7.44. The second-order valence-electron chi connectivity index (χ2n) is 5.20. The first kappa shape index (κ1) is 19.6. The van der Waals surface area contributed by atoms with Crippen molar-refractivity contribution < 1.29 is 14.3 Å². The predicted octanol–water partition coefficient (Wildman–Crippen LogP) is 2.61. The number of nitrogen functional groups attached to an aromatic ring is 1. The van der Waals surface area contributed by atoms with Crippen LogP contribution < -0.4 is 20.5 Å². The van der Waals surface area contributed by atoms with Crippen LogP contribution in [0.25, 0.3) is 0 Å². The van der Waals surface area contributed by atoms with Crippen molar-refractivity contribution >= 4 is 24.0 Å². The summed E-state index contributed by atoms with van der Waals surface area (Å²) in [7, 11) is 3.18. The van der Waals surface area contributed by atoms with Crippen molar-refractivity contribution in [2.75, 3.05) is 26.5 Å². The van der Waals surface area contributed by atoms with Gasteiger partial charge in [0.15, 0.2) is 0 Å². The normalized spacial score (nSPS) is 9.75. The molecule has 1 amide bonds. The van der Waals surface area contributed by atoms with E-state index in [2.05, 4.69) is 5.32 Å². The van der Waals surface area contributed by atoms with Crippen LogP contribution in [-0.4, -0.2) is 26.7 Å². The lowest BCUT2D eigenvalue weighted by Crippen LogP contribution is -2.27. The number of amides is 1. The molecule has 0 unspecified atom stereocenters. The van der Waals surface area contributed by atoms with Crippen LogP contribution in [-0.2, 0) is 17.6 Å². The highest BCUT2D eigenvalue weighted by Crippen LogP contribution is 2.24. The summed E-state index contributed by atoms with van der Waals surface area (Å²) >= 11 is 0. The Bertz CT molecular complexity index is 660. The second-order valence-corrected chi connectivity index (χ2v) is 5.20. The van der Waals surface area contributed by atoms with Gasteiger partial charge in [-0.15, -0.1) is 12.4 Å². The van der Waals surface area contributed by atoms with Gasteiger partial charge < -0.3 is 20.5 Å². The lowest BCUT2D eigenvalue weighted by atomic mass is 10.1. The Hall–Kier alpha value is -2.40. The number of hydrogen-bond donors (Lipinski definition) is 2. The average Bonchev–Trinajstić information content (AvgIpc) is 2.56. The Balaban J connectivity index is 0.00000288. The second kappa shape index (κ2) is 9.67. The molecule has 24 heavy (non-hydrogen) atoms. The summed E-state index contributed by atoms with van der Waals surface area (Å²) in [4.78, 5) is 12.1. The molecule has 0 aliphatic carbocycles. The van der Waals surface area contributed by atoms with Gasteiger partial charge in [0.2, 0.25) is 5.91 Å². The molecule has 0 spiro atoms. The van der Waals surface area contributed by atoms with Gasteiger partial charge in [-0.3, -0.25) is 4.79 Å². The fourth-order valence-electron chi connectivity index (χ4n) is 2.29. The molecule has 3 N–H and O–H groups in total. The summed E-state index contributed by atoms with van der Waals surface area (Å²) in [6.07, 6.45) is 1.02. The van der Waals surface area contributed by atoms with E-state index in [1.807, 2.05) is 30.3 Å². The van der Waals surface area contributed by atoms with Crippen molar-refractivity contribution in [3.05, 3.63) is 53.6 Å². The van der Waals surface area contributed by atoms with E-state index in [4.69, 9.17) is 15.2 Å². The zero-order valence-corrected chi connectivity index (χ0v) is 14.7. The Morgan fingerprint density at radius 1 is 1.08 bits per heavy atom. The van der Waals surface area contributed by atoms with Gasteiger partial charge in [-0.2, -0.15) is 0 Å². The molecular formula is C18H23ClN2O3. The minimum absolute atomic E-state index is 0.